The lowest BCUT2D eigenvalue weighted by molar-refractivity contribution is -0.113. The van der Waals surface area contributed by atoms with Crippen LogP contribution in [0.4, 0.5) is 5.69 Å². The molecule has 0 atom stereocenters. The first kappa shape index (κ1) is 17.1. The van der Waals surface area contributed by atoms with Gasteiger partial charge >= 0.3 is 0 Å². The van der Waals surface area contributed by atoms with Crippen molar-refractivity contribution in [1.29, 1.82) is 0 Å². The molecule has 0 aliphatic heterocycles. The Morgan fingerprint density at radius 3 is 3.00 bits per heavy atom. The summed E-state index contributed by atoms with van der Waals surface area (Å²) in [6.45, 7) is 2.59. The standard InChI is InChI=1S/C17H15ClN2O2S2/c1-2-22-13-6-7-14-15(9-13)24-17(20-14)23-10-16(21)19-12-5-3-4-11(18)8-12/h3-9H,2,10H2,1H3,(H,19,21). The quantitative estimate of drug-likeness (QED) is 0.608. The van der Waals surface area contributed by atoms with Crippen LogP contribution < -0.4 is 10.1 Å². The van der Waals surface area contributed by atoms with Crippen molar-refractivity contribution in [3.63, 3.8) is 0 Å². The number of halogens is 1. The normalized spacial score (nSPS) is 10.8. The lowest BCUT2D eigenvalue weighted by Crippen LogP contribution is -2.13. The van der Waals surface area contributed by atoms with Gasteiger partial charge in [0, 0.05) is 10.7 Å². The monoisotopic (exact) mass is 378 g/mol. The molecule has 0 unspecified atom stereocenters. The van der Waals surface area contributed by atoms with Crippen LogP contribution in [0.1, 0.15) is 6.92 Å². The molecule has 0 bridgehead atoms. The highest BCUT2D eigenvalue weighted by Crippen LogP contribution is 2.32. The second-order valence-electron chi connectivity index (χ2n) is 4.89. The molecule has 0 aliphatic rings. The molecule has 0 aliphatic carbocycles. The number of rotatable bonds is 6. The Kier molecular flexibility index (Phi) is 5.60. The molecular weight excluding hydrogens is 364 g/mol. The number of benzene rings is 2. The lowest BCUT2D eigenvalue weighted by Gasteiger charge is -2.04. The van der Waals surface area contributed by atoms with E-state index in [1.165, 1.54) is 11.8 Å². The maximum atomic E-state index is 12.0. The molecule has 0 spiro atoms. The molecule has 0 fully saturated rings. The summed E-state index contributed by atoms with van der Waals surface area (Å²) in [6.07, 6.45) is 0. The van der Waals surface area contributed by atoms with Crippen LogP contribution in [-0.4, -0.2) is 23.3 Å². The first-order valence-corrected chi connectivity index (χ1v) is 9.53. The van der Waals surface area contributed by atoms with Gasteiger partial charge in [0.05, 0.1) is 22.6 Å². The number of fused-ring (bicyclic) bond motifs is 1. The average molecular weight is 379 g/mol. The molecule has 1 amide bonds. The topological polar surface area (TPSA) is 51.2 Å². The number of carbonyl (C=O) groups excluding carboxylic acids is 1. The Bertz CT molecular complexity index is 867. The molecule has 7 heteroatoms. The third kappa shape index (κ3) is 4.41. The van der Waals surface area contributed by atoms with Crippen LogP contribution in [0.2, 0.25) is 5.02 Å². The van der Waals surface area contributed by atoms with E-state index in [-0.39, 0.29) is 5.91 Å². The molecule has 0 saturated carbocycles. The van der Waals surface area contributed by atoms with Crippen LogP contribution in [0.25, 0.3) is 10.2 Å². The number of anilines is 1. The highest BCUT2D eigenvalue weighted by molar-refractivity contribution is 8.01. The third-order valence-corrected chi connectivity index (χ3v) is 5.48. The summed E-state index contributed by atoms with van der Waals surface area (Å²) in [6, 6.07) is 12.9. The van der Waals surface area contributed by atoms with Gasteiger partial charge in [0.25, 0.3) is 0 Å². The zero-order valence-corrected chi connectivity index (χ0v) is 15.3. The summed E-state index contributed by atoms with van der Waals surface area (Å²) in [5.41, 5.74) is 1.61. The minimum Gasteiger partial charge on any atom is -0.494 e. The SMILES string of the molecule is CCOc1ccc2nc(SCC(=O)Nc3cccc(Cl)c3)sc2c1. The van der Waals surface area contributed by atoms with Crippen molar-refractivity contribution in [3.8, 4) is 5.75 Å². The van der Waals surface area contributed by atoms with E-state index in [4.69, 9.17) is 16.3 Å². The van der Waals surface area contributed by atoms with Gasteiger partial charge in [0.15, 0.2) is 4.34 Å². The van der Waals surface area contributed by atoms with Crippen LogP contribution in [0.3, 0.4) is 0 Å². The van der Waals surface area contributed by atoms with Crippen molar-refractivity contribution >= 4 is 56.5 Å². The zero-order chi connectivity index (χ0) is 16.9. The summed E-state index contributed by atoms with van der Waals surface area (Å²) >= 11 is 8.88. The van der Waals surface area contributed by atoms with Crippen LogP contribution >= 0.6 is 34.7 Å². The van der Waals surface area contributed by atoms with Crippen molar-refractivity contribution in [2.45, 2.75) is 11.3 Å². The van der Waals surface area contributed by atoms with E-state index in [9.17, 15) is 4.79 Å². The number of carbonyl (C=O) groups is 1. The van der Waals surface area contributed by atoms with Gasteiger partial charge < -0.3 is 10.1 Å². The smallest absolute Gasteiger partial charge is 0.234 e. The van der Waals surface area contributed by atoms with Gasteiger partial charge in [-0.25, -0.2) is 4.98 Å². The first-order valence-electron chi connectivity index (χ1n) is 7.35. The second-order valence-corrected chi connectivity index (χ2v) is 7.58. The fraction of sp³-hybridized carbons (Fsp3) is 0.176. The fourth-order valence-electron chi connectivity index (χ4n) is 2.09. The van der Waals surface area contributed by atoms with Gasteiger partial charge in [-0.2, -0.15) is 0 Å². The van der Waals surface area contributed by atoms with Crippen LogP contribution in [-0.2, 0) is 4.79 Å². The van der Waals surface area contributed by atoms with E-state index >= 15 is 0 Å². The molecular formula is C17H15ClN2O2S2. The first-order chi connectivity index (χ1) is 11.6. The van der Waals surface area contributed by atoms with Gasteiger partial charge in [-0.3, -0.25) is 4.79 Å². The molecule has 3 rings (SSSR count). The number of hydrogen-bond acceptors (Lipinski definition) is 5. The van der Waals surface area contributed by atoms with Crippen molar-refractivity contribution in [2.24, 2.45) is 0 Å². The molecule has 24 heavy (non-hydrogen) atoms. The Morgan fingerprint density at radius 2 is 2.21 bits per heavy atom. The largest absolute Gasteiger partial charge is 0.494 e. The number of amides is 1. The average Bonchev–Trinajstić information content (AvgIpc) is 2.95. The maximum Gasteiger partial charge on any atom is 0.234 e. The second kappa shape index (κ2) is 7.88. The van der Waals surface area contributed by atoms with Gasteiger partial charge in [-0.05, 0) is 43.3 Å². The molecule has 124 valence electrons. The minimum atomic E-state index is -0.0865. The van der Waals surface area contributed by atoms with E-state index in [0.29, 0.717) is 23.1 Å². The molecule has 4 nitrogen and oxygen atoms in total. The fourth-order valence-corrected chi connectivity index (χ4v) is 4.18. The molecule has 1 heterocycles. The molecule has 0 radical (unpaired) electrons. The highest BCUT2D eigenvalue weighted by Gasteiger charge is 2.09. The van der Waals surface area contributed by atoms with Gasteiger partial charge in [-0.15, -0.1) is 11.3 Å². The predicted octanol–water partition coefficient (Wildman–Crippen LogP) is 5.08. The molecule has 1 aromatic heterocycles. The maximum absolute atomic E-state index is 12.0. The number of nitrogens with zero attached hydrogens (tertiary/aromatic N) is 1. The van der Waals surface area contributed by atoms with E-state index in [2.05, 4.69) is 10.3 Å². The van der Waals surface area contributed by atoms with E-state index in [1.807, 2.05) is 25.1 Å². The molecule has 2 aromatic carbocycles. The van der Waals surface area contributed by atoms with Gasteiger partial charge in [-0.1, -0.05) is 29.4 Å². The minimum absolute atomic E-state index is 0.0865. The third-order valence-electron chi connectivity index (χ3n) is 3.09. The highest BCUT2D eigenvalue weighted by atomic mass is 35.5. The number of nitrogens with one attached hydrogen (secondary N) is 1. The number of aromatic nitrogens is 1. The number of thioether (sulfide) groups is 1. The van der Waals surface area contributed by atoms with E-state index in [0.717, 1.165) is 20.3 Å². The van der Waals surface area contributed by atoms with Crippen molar-refractivity contribution in [3.05, 3.63) is 47.5 Å². The number of hydrogen-bond donors (Lipinski definition) is 1. The van der Waals surface area contributed by atoms with Gasteiger partial charge in [0.1, 0.15) is 5.75 Å². The summed E-state index contributed by atoms with van der Waals surface area (Å²) < 4.78 is 7.41. The molecule has 0 saturated heterocycles. The van der Waals surface area contributed by atoms with Gasteiger partial charge in [0.2, 0.25) is 5.91 Å². The van der Waals surface area contributed by atoms with E-state index in [1.54, 1.807) is 35.6 Å². The van der Waals surface area contributed by atoms with Crippen molar-refractivity contribution in [1.82, 2.24) is 4.98 Å². The van der Waals surface area contributed by atoms with Crippen molar-refractivity contribution in [2.75, 3.05) is 17.7 Å². The Hall–Kier alpha value is -1.76. The summed E-state index contributed by atoms with van der Waals surface area (Å²) in [4.78, 5) is 16.6. The Balaban J connectivity index is 1.61. The number of thiazole rings is 1. The molecule has 1 N–H and O–H groups in total. The molecule has 3 aromatic rings. The Labute approximate surface area is 153 Å². The van der Waals surface area contributed by atoms with Crippen molar-refractivity contribution < 1.29 is 9.53 Å². The summed E-state index contributed by atoms with van der Waals surface area (Å²) in [5, 5.41) is 3.42. The lowest BCUT2D eigenvalue weighted by atomic mass is 10.3. The summed E-state index contributed by atoms with van der Waals surface area (Å²) in [5.74, 6) is 1.05. The number of ether oxygens (including phenoxy) is 1. The van der Waals surface area contributed by atoms with Crippen LogP contribution in [0.15, 0.2) is 46.8 Å². The van der Waals surface area contributed by atoms with E-state index < -0.39 is 0 Å². The van der Waals surface area contributed by atoms with Crippen LogP contribution in [0, 0.1) is 0 Å². The summed E-state index contributed by atoms with van der Waals surface area (Å²) in [7, 11) is 0. The predicted molar refractivity (Wildman–Crippen MR) is 102 cm³/mol. The Morgan fingerprint density at radius 1 is 1.33 bits per heavy atom. The zero-order valence-electron chi connectivity index (χ0n) is 12.9. The van der Waals surface area contributed by atoms with Crippen LogP contribution in [0.5, 0.6) is 5.75 Å².